The number of benzene rings is 1. The highest BCUT2D eigenvalue weighted by atomic mass is 32.1. The van der Waals surface area contributed by atoms with Gasteiger partial charge in [-0.25, -0.2) is 4.98 Å². The monoisotopic (exact) mass is 395 g/mol. The standard InChI is InChI=1S/C22H25N3O2S/c1-14-9-10-16-18(11-14)28-21-20(16)22(27)25(19(23-21)13-24(2)3)12-17(26)15-7-5-4-6-8-15/h4-8,14H,9-13H2,1-3H3. The first kappa shape index (κ1) is 19.0. The number of rotatable bonds is 5. The average Bonchev–Trinajstić information content (AvgIpc) is 3.02. The van der Waals surface area contributed by atoms with Crippen LogP contribution in [0.1, 0.15) is 40.0 Å². The second-order valence-corrected chi connectivity index (χ2v) is 9.06. The topological polar surface area (TPSA) is 55.2 Å². The summed E-state index contributed by atoms with van der Waals surface area (Å²) in [5.74, 6) is 1.23. The molecule has 146 valence electrons. The van der Waals surface area contributed by atoms with Gasteiger partial charge in [-0.05, 0) is 44.8 Å². The number of fused-ring (bicyclic) bond motifs is 3. The summed E-state index contributed by atoms with van der Waals surface area (Å²) in [4.78, 5) is 35.2. The molecule has 1 unspecified atom stereocenters. The zero-order valence-electron chi connectivity index (χ0n) is 16.6. The number of nitrogens with zero attached hydrogens (tertiary/aromatic N) is 3. The van der Waals surface area contributed by atoms with Crippen molar-refractivity contribution in [1.82, 2.24) is 14.5 Å². The van der Waals surface area contributed by atoms with E-state index in [2.05, 4.69) is 6.92 Å². The van der Waals surface area contributed by atoms with Gasteiger partial charge in [-0.1, -0.05) is 37.3 Å². The van der Waals surface area contributed by atoms with Gasteiger partial charge in [0.25, 0.3) is 5.56 Å². The Morgan fingerprint density at radius 1 is 1.29 bits per heavy atom. The van der Waals surface area contributed by atoms with Gasteiger partial charge in [0.05, 0.1) is 18.5 Å². The molecule has 0 saturated heterocycles. The van der Waals surface area contributed by atoms with Crippen LogP contribution in [0.3, 0.4) is 0 Å². The number of thiophene rings is 1. The van der Waals surface area contributed by atoms with Crippen LogP contribution in [-0.2, 0) is 25.9 Å². The van der Waals surface area contributed by atoms with Gasteiger partial charge in [0.2, 0.25) is 0 Å². The van der Waals surface area contributed by atoms with Crippen molar-refractivity contribution in [1.29, 1.82) is 0 Å². The number of hydrogen-bond donors (Lipinski definition) is 0. The molecule has 0 aliphatic heterocycles. The highest BCUT2D eigenvalue weighted by molar-refractivity contribution is 7.18. The maximum absolute atomic E-state index is 13.5. The smallest absolute Gasteiger partial charge is 0.263 e. The van der Waals surface area contributed by atoms with Gasteiger partial charge in [-0.2, -0.15) is 0 Å². The van der Waals surface area contributed by atoms with Crippen LogP contribution in [0.5, 0.6) is 0 Å². The van der Waals surface area contributed by atoms with Crippen LogP contribution in [0, 0.1) is 5.92 Å². The summed E-state index contributed by atoms with van der Waals surface area (Å²) in [6, 6.07) is 9.15. The Hall–Kier alpha value is -2.31. The Kier molecular flexibility index (Phi) is 5.17. The van der Waals surface area contributed by atoms with Crippen molar-refractivity contribution in [3.8, 4) is 0 Å². The lowest BCUT2D eigenvalue weighted by Gasteiger charge is -2.18. The third-order valence-electron chi connectivity index (χ3n) is 5.35. The van der Waals surface area contributed by atoms with Crippen LogP contribution in [0.25, 0.3) is 10.2 Å². The van der Waals surface area contributed by atoms with Crippen LogP contribution >= 0.6 is 11.3 Å². The van der Waals surface area contributed by atoms with E-state index in [0.717, 1.165) is 35.0 Å². The molecule has 1 aliphatic carbocycles. The zero-order valence-corrected chi connectivity index (χ0v) is 17.4. The molecule has 28 heavy (non-hydrogen) atoms. The maximum Gasteiger partial charge on any atom is 0.263 e. The summed E-state index contributed by atoms with van der Waals surface area (Å²) in [7, 11) is 3.89. The van der Waals surface area contributed by atoms with Gasteiger partial charge in [0.1, 0.15) is 10.7 Å². The molecule has 0 fully saturated rings. The van der Waals surface area contributed by atoms with Gasteiger partial charge in [-0.15, -0.1) is 11.3 Å². The largest absolute Gasteiger partial charge is 0.302 e. The van der Waals surface area contributed by atoms with Crippen molar-refractivity contribution < 1.29 is 4.79 Å². The predicted octanol–water partition coefficient (Wildman–Crippen LogP) is 3.53. The second kappa shape index (κ2) is 7.60. The van der Waals surface area contributed by atoms with Gasteiger partial charge in [0, 0.05) is 10.4 Å². The number of Topliss-reactive ketones (excluding diaryl/α,β-unsaturated/α-hetero) is 1. The maximum atomic E-state index is 13.5. The Morgan fingerprint density at radius 2 is 2.04 bits per heavy atom. The van der Waals surface area contributed by atoms with Crippen LogP contribution in [-0.4, -0.2) is 34.3 Å². The molecule has 0 saturated carbocycles. The molecule has 4 rings (SSSR count). The van der Waals surface area contributed by atoms with E-state index >= 15 is 0 Å². The Balaban J connectivity index is 1.84. The van der Waals surface area contributed by atoms with E-state index in [4.69, 9.17) is 4.98 Å². The van der Waals surface area contributed by atoms with E-state index in [1.807, 2.05) is 37.2 Å². The first-order valence-corrected chi connectivity index (χ1v) is 10.5. The van der Waals surface area contributed by atoms with Crippen LogP contribution in [0.4, 0.5) is 0 Å². The average molecular weight is 396 g/mol. The molecule has 1 aliphatic rings. The predicted molar refractivity (Wildman–Crippen MR) is 113 cm³/mol. The van der Waals surface area contributed by atoms with E-state index in [0.29, 0.717) is 23.9 Å². The van der Waals surface area contributed by atoms with Crippen LogP contribution in [0.2, 0.25) is 0 Å². The third-order valence-corrected chi connectivity index (χ3v) is 6.50. The van der Waals surface area contributed by atoms with Crippen LogP contribution in [0.15, 0.2) is 35.1 Å². The molecule has 2 aromatic heterocycles. The number of carbonyl (C=O) groups excluding carboxylic acids is 1. The Labute approximate surface area is 168 Å². The molecule has 6 heteroatoms. The first-order valence-electron chi connectivity index (χ1n) is 9.71. The number of hydrogen-bond acceptors (Lipinski definition) is 5. The molecule has 0 N–H and O–H groups in total. The Bertz CT molecular complexity index is 1080. The molecule has 0 radical (unpaired) electrons. The quantitative estimate of drug-likeness (QED) is 0.620. The molecule has 0 bridgehead atoms. The molecule has 1 aromatic carbocycles. The van der Waals surface area contributed by atoms with E-state index in [1.165, 1.54) is 4.88 Å². The van der Waals surface area contributed by atoms with E-state index < -0.39 is 0 Å². The molecule has 0 spiro atoms. The summed E-state index contributed by atoms with van der Waals surface area (Å²) >= 11 is 1.65. The summed E-state index contributed by atoms with van der Waals surface area (Å²) in [5, 5.41) is 0.732. The number of carbonyl (C=O) groups is 1. The molecular formula is C22H25N3O2S. The highest BCUT2D eigenvalue weighted by Gasteiger charge is 2.25. The minimum Gasteiger partial charge on any atom is -0.302 e. The Morgan fingerprint density at radius 3 is 2.75 bits per heavy atom. The van der Waals surface area contributed by atoms with Crippen molar-refractivity contribution in [2.75, 3.05) is 14.1 Å². The van der Waals surface area contributed by atoms with Crippen LogP contribution < -0.4 is 5.56 Å². The van der Waals surface area contributed by atoms with Gasteiger partial charge in [-0.3, -0.25) is 14.2 Å². The van der Waals surface area contributed by atoms with Gasteiger partial charge < -0.3 is 4.90 Å². The highest BCUT2D eigenvalue weighted by Crippen LogP contribution is 2.35. The normalized spacial score (nSPS) is 16.5. The first-order chi connectivity index (χ1) is 13.4. The minimum atomic E-state index is -0.0711. The van der Waals surface area contributed by atoms with Crippen molar-refractivity contribution in [2.24, 2.45) is 5.92 Å². The van der Waals surface area contributed by atoms with E-state index in [1.54, 1.807) is 28.0 Å². The summed E-state index contributed by atoms with van der Waals surface area (Å²) in [5.41, 5.74) is 1.71. The van der Waals surface area contributed by atoms with Crippen molar-refractivity contribution in [3.63, 3.8) is 0 Å². The number of aromatic nitrogens is 2. The third kappa shape index (κ3) is 3.54. The lowest BCUT2D eigenvalue weighted by molar-refractivity contribution is 0.0968. The number of aryl methyl sites for hydroxylation is 1. The molecule has 1 atom stereocenters. The molecular weight excluding hydrogens is 370 g/mol. The molecule has 0 amide bonds. The summed E-state index contributed by atoms with van der Waals surface area (Å²) < 4.78 is 1.59. The van der Waals surface area contributed by atoms with Gasteiger partial charge >= 0.3 is 0 Å². The zero-order chi connectivity index (χ0) is 19.8. The SMILES string of the molecule is CC1CCc2c(sc3nc(CN(C)C)n(CC(=O)c4ccccc4)c(=O)c23)C1. The lowest BCUT2D eigenvalue weighted by Crippen LogP contribution is -2.31. The van der Waals surface area contributed by atoms with Crippen molar-refractivity contribution in [2.45, 2.75) is 39.3 Å². The second-order valence-electron chi connectivity index (χ2n) is 7.98. The van der Waals surface area contributed by atoms with E-state index in [-0.39, 0.29) is 17.9 Å². The fourth-order valence-corrected chi connectivity index (χ4v) is 5.28. The number of ketones is 1. The summed E-state index contributed by atoms with van der Waals surface area (Å²) in [6.45, 7) is 2.80. The van der Waals surface area contributed by atoms with Crippen molar-refractivity contribution in [3.05, 3.63) is 62.5 Å². The molecule has 5 nitrogen and oxygen atoms in total. The minimum absolute atomic E-state index is 0.0238. The van der Waals surface area contributed by atoms with Crippen molar-refractivity contribution >= 4 is 27.3 Å². The van der Waals surface area contributed by atoms with Gasteiger partial charge in [0.15, 0.2) is 5.78 Å². The molecule has 2 heterocycles. The lowest BCUT2D eigenvalue weighted by atomic mass is 9.89. The fraction of sp³-hybridized carbons (Fsp3) is 0.409. The fourth-order valence-electron chi connectivity index (χ4n) is 3.89. The molecule has 3 aromatic rings. The summed E-state index contributed by atoms with van der Waals surface area (Å²) in [6.07, 6.45) is 3.04. The van der Waals surface area contributed by atoms with E-state index in [9.17, 15) is 9.59 Å².